The number of carbonyl (C=O) groups is 4. The van der Waals surface area contributed by atoms with Gasteiger partial charge in [-0.1, -0.05) is 30.3 Å². The third-order valence-corrected chi connectivity index (χ3v) is 4.34. The first-order valence-electron chi connectivity index (χ1n) is 8.74. The van der Waals surface area contributed by atoms with Crippen molar-refractivity contribution in [2.45, 2.75) is 31.3 Å². The molecule has 0 aromatic heterocycles. The van der Waals surface area contributed by atoms with Gasteiger partial charge in [-0.25, -0.2) is 0 Å². The molecule has 2 unspecified atom stereocenters. The SMILES string of the molecule is NC(Cc1ccccc1)C(=O)NCC(=O)N1CCCC1C(=O)NCC(=O)O. The van der Waals surface area contributed by atoms with Gasteiger partial charge < -0.3 is 26.4 Å². The number of nitrogens with one attached hydrogen (secondary N) is 2. The smallest absolute Gasteiger partial charge is 0.322 e. The largest absolute Gasteiger partial charge is 0.480 e. The lowest BCUT2D eigenvalue weighted by Crippen LogP contribution is -2.51. The van der Waals surface area contributed by atoms with Gasteiger partial charge in [0.15, 0.2) is 0 Å². The van der Waals surface area contributed by atoms with E-state index in [1.54, 1.807) is 0 Å². The number of nitrogens with zero attached hydrogens (tertiary/aromatic N) is 1. The highest BCUT2D eigenvalue weighted by molar-refractivity contribution is 5.92. The van der Waals surface area contributed by atoms with E-state index in [1.807, 2.05) is 30.3 Å². The van der Waals surface area contributed by atoms with Crippen LogP contribution in [0.2, 0.25) is 0 Å². The molecule has 0 aliphatic carbocycles. The molecule has 1 heterocycles. The van der Waals surface area contributed by atoms with Crippen LogP contribution in [0.25, 0.3) is 0 Å². The summed E-state index contributed by atoms with van der Waals surface area (Å²) >= 11 is 0. The Morgan fingerprint density at radius 2 is 1.85 bits per heavy atom. The molecular weight excluding hydrogens is 352 g/mol. The molecule has 0 spiro atoms. The molecule has 27 heavy (non-hydrogen) atoms. The van der Waals surface area contributed by atoms with Crippen LogP contribution in [0.4, 0.5) is 0 Å². The Morgan fingerprint density at radius 1 is 1.15 bits per heavy atom. The van der Waals surface area contributed by atoms with Crippen LogP contribution in [0.1, 0.15) is 18.4 Å². The number of hydrogen-bond acceptors (Lipinski definition) is 5. The number of benzene rings is 1. The number of hydrogen-bond donors (Lipinski definition) is 4. The van der Waals surface area contributed by atoms with Crippen molar-refractivity contribution in [1.82, 2.24) is 15.5 Å². The Bertz CT molecular complexity index is 694. The van der Waals surface area contributed by atoms with Crippen molar-refractivity contribution >= 4 is 23.7 Å². The summed E-state index contributed by atoms with van der Waals surface area (Å²) in [6, 6.07) is 7.80. The molecule has 1 aromatic rings. The molecule has 0 saturated carbocycles. The Hall–Kier alpha value is -2.94. The molecule has 1 fully saturated rings. The molecule has 1 aliphatic rings. The predicted molar refractivity (Wildman–Crippen MR) is 96.5 cm³/mol. The zero-order valence-corrected chi connectivity index (χ0v) is 14.9. The van der Waals surface area contributed by atoms with Crippen molar-refractivity contribution < 1.29 is 24.3 Å². The molecule has 5 N–H and O–H groups in total. The molecular formula is C18H24N4O5. The van der Waals surface area contributed by atoms with Gasteiger partial charge in [0.05, 0.1) is 12.6 Å². The van der Waals surface area contributed by atoms with Crippen molar-refractivity contribution in [2.24, 2.45) is 5.73 Å². The number of amides is 3. The highest BCUT2D eigenvalue weighted by Crippen LogP contribution is 2.17. The normalized spacial score (nSPS) is 17.2. The van der Waals surface area contributed by atoms with Gasteiger partial charge in [-0.15, -0.1) is 0 Å². The maximum Gasteiger partial charge on any atom is 0.322 e. The highest BCUT2D eigenvalue weighted by Gasteiger charge is 2.34. The van der Waals surface area contributed by atoms with Gasteiger partial charge in [0.2, 0.25) is 17.7 Å². The van der Waals surface area contributed by atoms with Gasteiger partial charge in [0.25, 0.3) is 0 Å². The van der Waals surface area contributed by atoms with Gasteiger partial charge in [-0.05, 0) is 24.8 Å². The number of likely N-dealkylation sites (tertiary alicyclic amines) is 1. The Kier molecular flexibility index (Phi) is 7.30. The molecule has 2 rings (SSSR count). The molecule has 3 amide bonds. The summed E-state index contributed by atoms with van der Waals surface area (Å²) in [4.78, 5) is 48.4. The Balaban J connectivity index is 1.82. The van der Waals surface area contributed by atoms with Gasteiger partial charge in [0.1, 0.15) is 12.6 Å². The summed E-state index contributed by atoms with van der Waals surface area (Å²) in [6.45, 7) is -0.373. The number of nitrogens with two attached hydrogens (primary N) is 1. The Labute approximate surface area is 156 Å². The van der Waals surface area contributed by atoms with Crippen LogP contribution in [0.15, 0.2) is 30.3 Å². The molecule has 1 aliphatic heterocycles. The van der Waals surface area contributed by atoms with Gasteiger partial charge in [-0.3, -0.25) is 19.2 Å². The predicted octanol–water partition coefficient (Wildman–Crippen LogP) is -1.14. The summed E-state index contributed by atoms with van der Waals surface area (Å²) in [7, 11) is 0. The monoisotopic (exact) mass is 376 g/mol. The quantitative estimate of drug-likeness (QED) is 0.452. The fraction of sp³-hybridized carbons (Fsp3) is 0.444. The average molecular weight is 376 g/mol. The van der Waals surface area contributed by atoms with Crippen molar-refractivity contribution in [3.05, 3.63) is 35.9 Å². The minimum Gasteiger partial charge on any atom is -0.480 e. The second-order valence-corrected chi connectivity index (χ2v) is 6.37. The fourth-order valence-electron chi connectivity index (χ4n) is 2.97. The van der Waals surface area contributed by atoms with Gasteiger partial charge in [0, 0.05) is 6.54 Å². The molecule has 9 heteroatoms. The topological polar surface area (TPSA) is 142 Å². The third-order valence-electron chi connectivity index (χ3n) is 4.34. The Morgan fingerprint density at radius 3 is 2.52 bits per heavy atom. The number of carboxylic acid groups (broad SMARTS) is 1. The number of carbonyl (C=O) groups excluding carboxylic acids is 3. The maximum absolute atomic E-state index is 12.4. The van der Waals surface area contributed by atoms with Crippen LogP contribution in [-0.2, 0) is 25.6 Å². The van der Waals surface area contributed by atoms with E-state index in [2.05, 4.69) is 10.6 Å². The number of rotatable bonds is 8. The molecule has 1 saturated heterocycles. The van der Waals surface area contributed by atoms with E-state index in [-0.39, 0.29) is 6.54 Å². The zero-order chi connectivity index (χ0) is 19.8. The van der Waals surface area contributed by atoms with Crippen molar-refractivity contribution in [1.29, 1.82) is 0 Å². The molecule has 0 bridgehead atoms. The van der Waals surface area contributed by atoms with E-state index >= 15 is 0 Å². The van der Waals surface area contributed by atoms with Crippen LogP contribution >= 0.6 is 0 Å². The molecule has 0 radical (unpaired) electrons. The minimum absolute atomic E-state index is 0.260. The molecule has 1 aromatic carbocycles. The van der Waals surface area contributed by atoms with E-state index in [0.29, 0.717) is 25.8 Å². The average Bonchev–Trinajstić information content (AvgIpc) is 3.14. The van der Waals surface area contributed by atoms with Crippen LogP contribution in [0.3, 0.4) is 0 Å². The number of carboxylic acids is 1. The first-order chi connectivity index (χ1) is 12.9. The zero-order valence-electron chi connectivity index (χ0n) is 14.9. The minimum atomic E-state index is -1.15. The van der Waals surface area contributed by atoms with Crippen LogP contribution in [-0.4, -0.2) is 65.4 Å². The van der Waals surface area contributed by atoms with E-state index in [0.717, 1.165) is 5.56 Å². The lowest BCUT2D eigenvalue weighted by molar-refractivity contribution is -0.141. The number of aliphatic carboxylic acids is 1. The molecule has 2 atom stereocenters. The summed E-state index contributed by atoms with van der Waals surface area (Å²) in [5, 5.41) is 13.4. The van der Waals surface area contributed by atoms with Gasteiger partial charge in [-0.2, -0.15) is 0 Å². The van der Waals surface area contributed by atoms with Crippen LogP contribution in [0, 0.1) is 0 Å². The lowest BCUT2D eigenvalue weighted by Gasteiger charge is -2.24. The van der Waals surface area contributed by atoms with E-state index in [1.165, 1.54) is 4.90 Å². The van der Waals surface area contributed by atoms with Crippen LogP contribution in [0.5, 0.6) is 0 Å². The summed E-state index contributed by atoms with van der Waals surface area (Å²) in [5.74, 6) is -2.50. The van der Waals surface area contributed by atoms with E-state index in [9.17, 15) is 19.2 Å². The summed E-state index contributed by atoms with van der Waals surface area (Å²) < 4.78 is 0. The second kappa shape index (κ2) is 9.67. The van der Waals surface area contributed by atoms with E-state index < -0.39 is 42.3 Å². The van der Waals surface area contributed by atoms with Crippen molar-refractivity contribution in [2.75, 3.05) is 19.6 Å². The van der Waals surface area contributed by atoms with Crippen molar-refractivity contribution in [3.8, 4) is 0 Å². The first-order valence-corrected chi connectivity index (χ1v) is 8.74. The molecule has 9 nitrogen and oxygen atoms in total. The highest BCUT2D eigenvalue weighted by atomic mass is 16.4. The lowest BCUT2D eigenvalue weighted by atomic mass is 10.1. The molecule has 146 valence electrons. The summed E-state index contributed by atoms with van der Waals surface area (Å²) in [6.07, 6.45) is 1.45. The van der Waals surface area contributed by atoms with E-state index in [4.69, 9.17) is 10.8 Å². The fourth-order valence-corrected chi connectivity index (χ4v) is 2.97. The second-order valence-electron chi connectivity index (χ2n) is 6.37. The summed E-state index contributed by atoms with van der Waals surface area (Å²) in [5.41, 5.74) is 6.79. The van der Waals surface area contributed by atoms with Crippen LogP contribution < -0.4 is 16.4 Å². The third kappa shape index (κ3) is 6.07. The standard InChI is InChI=1S/C18H24N4O5/c19-13(9-12-5-2-1-3-6-12)17(26)20-10-15(23)22-8-4-7-14(22)18(27)21-11-16(24)25/h1-3,5-6,13-14H,4,7-11,19H2,(H,20,26)(H,21,27)(H,24,25). The maximum atomic E-state index is 12.4. The first kappa shape index (κ1) is 20.4. The van der Waals surface area contributed by atoms with Crippen molar-refractivity contribution in [3.63, 3.8) is 0 Å². The van der Waals surface area contributed by atoms with Gasteiger partial charge >= 0.3 is 5.97 Å².